The molecule has 0 bridgehead atoms. The van der Waals surface area contributed by atoms with Crippen molar-refractivity contribution >= 4 is 17.3 Å². The topological polar surface area (TPSA) is 87.6 Å². The van der Waals surface area contributed by atoms with Crippen molar-refractivity contribution in [2.75, 3.05) is 11.1 Å². The maximum atomic E-state index is 13.0. The summed E-state index contributed by atoms with van der Waals surface area (Å²) in [5.41, 5.74) is 6.35. The van der Waals surface area contributed by atoms with Gasteiger partial charge in [0.25, 0.3) is 0 Å². The van der Waals surface area contributed by atoms with E-state index in [0.29, 0.717) is 29.6 Å². The van der Waals surface area contributed by atoms with E-state index in [1.54, 1.807) is 6.07 Å². The lowest BCUT2D eigenvalue weighted by Gasteiger charge is -2.09. The van der Waals surface area contributed by atoms with E-state index in [1.165, 1.54) is 12.1 Å². The maximum absolute atomic E-state index is 13.0. The number of hydrogen-bond acceptors (Lipinski definition) is 5. The number of nitrogens with two attached hydrogens (primary N) is 1. The average molecular weight is 257 g/mol. The minimum atomic E-state index is -0.460. The smallest absolute Gasteiger partial charge is 0.136 e. The number of hydrogen-bond donors (Lipinski definition) is 2. The Labute approximate surface area is 109 Å². The molecule has 0 atom stereocenters. The van der Waals surface area contributed by atoms with Crippen LogP contribution >= 0.6 is 0 Å². The fraction of sp³-hybridized carbons (Fsp3) is 0.154. The van der Waals surface area contributed by atoms with Crippen molar-refractivity contribution in [3.8, 4) is 6.07 Å². The zero-order valence-corrected chi connectivity index (χ0v) is 10.3. The van der Waals surface area contributed by atoms with Crippen molar-refractivity contribution in [3.63, 3.8) is 0 Å². The lowest BCUT2D eigenvalue weighted by Crippen LogP contribution is -2.03. The van der Waals surface area contributed by atoms with E-state index in [2.05, 4.69) is 15.3 Å². The second-order valence-electron chi connectivity index (χ2n) is 3.87. The highest BCUT2D eigenvalue weighted by molar-refractivity contribution is 5.65. The Hall–Kier alpha value is -2.68. The van der Waals surface area contributed by atoms with Gasteiger partial charge in [0.05, 0.1) is 11.3 Å². The first kappa shape index (κ1) is 12.8. The van der Waals surface area contributed by atoms with E-state index < -0.39 is 5.82 Å². The van der Waals surface area contributed by atoms with Crippen molar-refractivity contribution in [1.82, 2.24) is 9.97 Å². The molecule has 0 fully saturated rings. The molecule has 1 aromatic heterocycles. The number of nitriles is 1. The van der Waals surface area contributed by atoms with Gasteiger partial charge in [-0.15, -0.1) is 0 Å². The normalized spacial score (nSPS) is 9.95. The fourth-order valence-electron chi connectivity index (χ4n) is 1.60. The van der Waals surface area contributed by atoms with Crippen LogP contribution in [0.4, 0.5) is 21.7 Å². The molecule has 0 amide bonds. The van der Waals surface area contributed by atoms with Gasteiger partial charge in [0.15, 0.2) is 0 Å². The molecule has 19 heavy (non-hydrogen) atoms. The second-order valence-corrected chi connectivity index (χ2v) is 3.87. The van der Waals surface area contributed by atoms with E-state index >= 15 is 0 Å². The van der Waals surface area contributed by atoms with Crippen LogP contribution in [0.25, 0.3) is 0 Å². The molecule has 0 unspecified atom stereocenters. The summed E-state index contributed by atoms with van der Waals surface area (Å²) in [6.45, 7) is 1.91. The highest BCUT2D eigenvalue weighted by atomic mass is 19.1. The quantitative estimate of drug-likeness (QED) is 0.881. The van der Waals surface area contributed by atoms with Gasteiger partial charge < -0.3 is 11.1 Å². The standard InChI is InChI=1S/C13H12FN5/c1-2-12-18-11(16)6-13(19-12)17-10-4-3-9(14)5-8(10)7-15/h3-6H,2H2,1H3,(H3,16,17,18,19). The molecule has 0 spiro atoms. The molecule has 0 saturated heterocycles. The first-order valence-electron chi connectivity index (χ1n) is 5.72. The van der Waals surface area contributed by atoms with Gasteiger partial charge in [-0.25, -0.2) is 14.4 Å². The Kier molecular flexibility index (Phi) is 3.57. The lowest BCUT2D eigenvalue weighted by atomic mass is 10.2. The lowest BCUT2D eigenvalue weighted by molar-refractivity contribution is 0.627. The molecular formula is C13H12FN5. The summed E-state index contributed by atoms with van der Waals surface area (Å²) in [5.74, 6) is 0.962. The number of anilines is 3. The molecule has 0 aliphatic rings. The number of benzene rings is 1. The predicted octanol–water partition coefficient (Wildman–Crippen LogP) is 2.38. The number of nitrogens with one attached hydrogen (secondary N) is 1. The number of nitrogens with zero attached hydrogens (tertiary/aromatic N) is 3. The molecule has 1 heterocycles. The van der Waals surface area contributed by atoms with Gasteiger partial charge in [-0.3, -0.25) is 0 Å². The molecule has 6 heteroatoms. The molecule has 1 aromatic carbocycles. The van der Waals surface area contributed by atoms with Crippen molar-refractivity contribution in [1.29, 1.82) is 5.26 Å². The first-order valence-corrected chi connectivity index (χ1v) is 5.72. The SMILES string of the molecule is CCc1nc(N)cc(Nc2ccc(F)cc2C#N)n1. The molecule has 96 valence electrons. The molecule has 0 aliphatic heterocycles. The predicted molar refractivity (Wildman–Crippen MR) is 70.2 cm³/mol. The number of aromatic nitrogens is 2. The van der Waals surface area contributed by atoms with E-state index in [9.17, 15) is 4.39 Å². The third-order valence-electron chi connectivity index (χ3n) is 2.47. The molecule has 2 aromatic rings. The molecule has 0 saturated carbocycles. The molecule has 2 rings (SSSR count). The summed E-state index contributed by atoms with van der Waals surface area (Å²) in [4.78, 5) is 8.29. The Morgan fingerprint density at radius 2 is 2.16 bits per heavy atom. The largest absolute Gasteiger partial charge is 0.384 e. The van der Waals surface area contributed by atoms with Crippen LogP contribution in [0, 0.1) is 17.1 Å². The Balaban J connectivity index is 2.36. The van der Waals surface area contributed by atoms with Gasteiger partial charge in [-0.2, -0.15) is 5.26 Å². The molecule has 0 radical (unpaired) electrons. The molecule has 5 nitrogen and oxygen atoms in total. The van der Waals surface area contributed by atoms with Crippen LogP contribution in [0.1, 0.15) is 18.3 Å². The minimum absolute atomic E-state index is 0.204. The minimum Gasteiger partial charge on any atom is -0.384 e. The first-order chi connectivity index (χ1) is 9.12. The summed E-state index contributed by atoms with van der Waals surface area (Å²) in [7, 11) is 0. The molecular weight excluding hydrogens is 245 g/mol. The van der Waals surface area contributed by atoms with Crippen molar-refractivity contribution < 1.29 is 4.39 Å². The molecule has 3 N–H and O–H groups in total. The van der Waals surface area contributed by atoms with Gasteiger partial charge in [0, 0.05) is 12.5 Å². The molecule has 0 aliphatic carbocycles. The van der Waals surface area contributed by atoms with Crippen LogP contribution in [0.3, 0.4) is 0 Å². The summed E-state index contributed by atoms with van der Waals surface area (Å²) in [6.07, 6.45) is 0.647. The number of nitrogen functional groups attached to an aromatic ring is 1. The Morgan fingerprint density at radius 1 is 1.37 bits per heavy atom. The van der Waals surface area contributed by atoms with Crippen LogP contribution in [-0.2, 0) is 6.42 Å². The Bertz CT molecular complexity index is 648. The van der Waals surface area contributed by atoms with E-state index in [-0.39, 0.29) is 5.56 Å². The van der Waals surface area contributed by atoms with Gasteiger partial charge in [-0.1, -0.05) is 6.92 Å². The van der Waals surface area contributed by atoms with Crippen LogP contribution in [-0.4, -0.2) is 9.97 Å². The Morgan fingerprint density at radius 3 is 2.84 bits per heavy atom. The highest BCUT2D eigenvalue weighted by Gasteiger charge is 2.06. The van der Waals surface area contributed by atoms with E-state index in [1.807, 2.05) is 13.0 Å². The van der Waals surface area contributed by atoms with Gasteiger partial charge in [0.2, 0.25) is 0 Å². The van der Waals surface area contributed by atoms with Crippen molar-refractivity contribution in [2.24, 2.45) is 0 Å². The number of rotatable bonds is 3. The van der Waals surface area contributed by atoms with Crippen LogP contribution in [0.5, 0.6) is 0 Å². The van der Waals surface area contributed by atoms with Gasteiger partial charge >= 0.3 is 0 Å². The van der Waals surface area contributed by atoms with Crippen LogP contribution < -0.4 is 11.1 Å². The van der Waals surface area contributed by atoms with Crippen molar-refractivity contribution in [3.05, 3.63) is 41.5 Å². The second kappa shape index (κ2) is 5.31. The van der Waals surface area contributed by atoms with Crippen LogP contribution in [0.15, 0.2) is 24.3 Å². The van der Waals surface area contributed by atoms with Gasteiger partial charge in [-0.05, 0) is 18.2 Å². The van der Waals surface area contributed by atoms with Crippen LogP contribution in [0.2, 0.25) is 0 Å². The number of aryl methyl sites for hydroxylation is 1. The third-order valence-corrected chi connectivity index (χ3v) is 2.47. The average Bonchev–Trinajstić information content (AvgIpc) is 2.40. The third kappa shape index (κ3) is 2.96. The summed E-state index contributed by atoms with van der Waals surface area (Å²) in [6, 6.07) is 7.40. The number of halogens is 1. The summed E-state index contributed by atoms with van der Waals surface area (Å²) >= 11 is 0. The summed E-state index contributed by atoms with van der Waals surface area (Å²) in [5, 5.41) is 11.9. The zero-order chi connectivity index (χ0) is 13.8. The van der Waals surface area contributed by atoms with E-state index in [0.717, 1.165) is 6.07 Å². The van der Waals surface area contributed by atoms with E-state index in [4.69, 9.17) is 11.0 Å². The van der Waals surface area contributed by atoms with Crippen molar-refractivity contribution in [2.45, 2.75) is 13.3 Å². The maximum Gasteiger partial charge on any atom is 0.136 e. The summed E-state index contributed by atoms with van der Waals surface area (Å²) < 4.78 is 13.0. The highest BCUT2D eigenvalue weighted by Crippen LogP contribution is 2.21. The van der Waals surface area contributed by atoms with Gasteiger partial charge in [0.1, 0.15) is 29.3 Å². The monoisotopic (exact) mass is 257 g/mol. The fourth-order valence-corrected chi connectivity index (χ4v) is 1.60. The zero-order valence-electron chi connectivity index (χ0n) is 10.3.